The number of aromatic nitrogens is 2. The van der Waals surface area contributed by atoms with Gasteiger partial charge in [-0.3, -0.25) is 0 Å². The van der Waals surface area contributed by atoms with Crippen LogP contribution in [-0.2, 0) is 6.54 Å². The third-order valence-electron chi connectivity index (χ3n) is 5.90. The van der Waals surface area contributed by atoms with Crippen LogP contribution >= 0.6 is 0 Å². The van der Waals surface area contributed by atoms with Crippen molar-refractivity contribution in [1.29, 1.82) is 0 Å². The highest BCUT2D eigenvalue weighted by molar-refractivity contribution is 5.81. The minimum absolute atomic E-state index is 0.417. The van der Waals surface area contributed by atoms with Gasteiger partial charge >= 0.3 is 0 Å². The molecule has 0 aliphatic heterocycles. The van der Waals surface area contributed by atoms with Gasteiger partial charge in [-0.25, -0.2) is 4.98 Å². The summed E-state index contributed by atoms with van der Waals surface area (Å²) in [4.78, 5) is 4.93. The number of hydrogen-bond acceptors (Lipinski definition) is 5. The molecule has 6 heteroatoms. The summed E-state index contributed by atoms with van der Waals surface area (Å²) in [6.45, 7) is 5.74. The molecule has 1 aromatic heterocycles. The molecule has 1 heterocycles. The summed E-state index contributed by atoms with van der Waals surface area (Å²) in [6, 6.07) is 20.3. The zero-order valence-electron chi connectivity index (χ0n) is 20.5. The Kier molecular flexibility index (Phi) is 7.26. The summed E-state index contributed by atoms with van der Waals surface area (Å²) in [5.41, 5.74) is 4.15. The van der Waals surface area contributed by atoms with Crippen LogP contribution in [0.5, 0.6) is 23.0 Å². The van der Waals surface area contributed by atoms with E-state index in [-0.39, 0.29) is 0 Å². The maximum atomic E-state index is 6.17. The van der Waals surface area contributed by atoms with Crippen LogP contribution < -0.4 is 18.9 Å². The van der Waals surface area contributed by atoms with Gasteiger partial charge in [-0.15, -0.1) is 0 Å². The molecule has 0 amide bonds. The average molecular weight is 461 g/mol. The summed E-state index contributed by atoms with van der Waals surface area (Å²) < 4.78 is 25.0. The Labute approximate surface area is 201 Å². The minimum atomic E-state index is 0.417. The van der Waals surface area contributed by atoms with Crippen molar-refractivity contribution in [2.45, 2.75) is 32.7 Å². The van der Waals surface area contributed by atoms with E-state index in [4.69, 9.17) is 23.9 Å². The van der Waals surface area contributed by atoms with Gasteiger partial charge in [-0.2, -0.15) is 0 Å². The van der Waals surface area contributed by atoms with E-state index in [1.807, 2.05) is 42.5 Å². The van der Waals surface area contributed by atoms with Gasteiger partial charge in [0, 0.05) is 12.1 Å². The van der Waals surface area contributed by atoms with E-state index < -0.39 is 0 Å². The number of fused-ring (bicyclic) bond motifs is 1. The van der Waals surface area contributed by atoms with Crippen LogP contribution in [0.25, 0.3) is 22.4 Å². The molecule has 0 N–H and O–H groups in total. The quantitative estimate of drug-likeness (QED) is 0.259. The lowest BCUT2D eigenvalue weighted by molar-refractivity contribution is 0.299. The molecular weight excluding hydrogens is 428 g/mol. The van der Waals surface area contributed by atoms with E-state index in [0.717, 1.165) is 41.1 Å². The first kappa shape index (κ1) is 23.5. The summed E-state index contributed by atoms with van der Waals surface area (Å²) in [6.07, 6.45) is 0.838. The number of nitrogens with zero attached hydrogens (tertiary/aromatic N) is 2. The molecule has 6 nitrogen and oxygen atoms in total. The molecule has 0 fully saturated rings. The van der Waals surface area contributed by atoms with Crippen LogP contribution in [0, 0.1) is 0 Å². The second kappa shape index (κ2) is 10.5. The second-order valence-corrected chi connectivity index (χ2v) is 8.38. The highest BCUT2D eigenvalue weighted by atomic mass is 16.5. The Morgan fingerprint density at radius 2 is 1.50 bits per heavy atom. The number of hydrogen-bond donors (Lipinski definition) is 0. The highest BCUT2D eigenvalue weighted by Crippen LogP contribution is 2.41. The van der Waals surface area contributed by atoms with Crippen LogP contribution in [0.2, 0.25) is 0 Å². The second-order valence-electron chi connectivity index (χ2n) is 8.38. The number of imidazole rings is 1. The fraction of sp³-hybridized carbons (Fsp3) is 0.321. The fourth-order valence-electron chi connectivity index (χ4n) is 4.23. The molecule has 0 bridgehead atoms. The first-order valence-corrected chi connectivity index (χ1v) is 11.5. The number of para-hydroxylation sites is 3. The van der Waals surface area contributed by atoms with Gasteiger partial charge in [-0.1, -0.05) is 44.2 Å². The SMILES string of the molecule is COc1cc(-c2nc3ccccc3n2CCCOc2ccccc2C(C)C)cc(OC)c1OC. The van der Waals surface area contributed by atoms with Gasteiger partial charge in [0.2, 0.25) is 5.75 Å². The number of rotatable bonds is 10. The molecule has 4 rings (SSSR count). The molecule has 0 aliphatic carbocycles. The van der Waals surface area contributed by atoms with Crippen LogP contribution in [0.4, 0.5) is 0 Å². The molecule has 0 radical (unpaired) electrons. The van der Waals surface area contributed by atoms with E-state index in [1.165, 1.54) is 5.56 Å². The molecular formula is C28H32N2O4. The Morgan fingerprint density at radius 1 is 0.824 bits per heavy atom. The Morgan fingerprint density at radius 3 is 2.18 bits per heavy atom. The zero-order chi connectivity index (χ0) is 24.1. The van der Waals surface area contributed by atoms with Crippen molar-refractivity contribution < 1.29 is 18.9 Å². The normalized spacial score (nSPS) is 11.1. The summed E-state index contributed by atoms with van der Waals surface area (Å²) >= 11 is 0. The molecule has 0 aliphatic rings. The number of aryl methyl sites for hydroxylation is 1. The largest absolute Gasteiger partial charge is 0.493 e. The Balaban J connectivity index is 1.63. The van der Waals surface area contributed by atoms with E-state index in [2.05, 4.69) is 36.6 Å². The lowest BCUT2D eigenvalue weighted by Crippen LogP contribution is -2.07. The molecule has 0 unspecified atom stereocenters. The van der Waals surface area contributed by atoms with Crippen molar-refractivity contribution in [3.05, 3.63) is 66.2 Å². The number of methoxy groups -OCH3 is 3. The maximum Gasteiger partial charge on any atom is 0.203 e. The number of ether oxygens (including phenoxy) is 4. The third-order valence-corrected chi connectivity index (χ3v) is 5.90. The smallest absolute Gasteiger partial charge is 0.203 e. The van der Waals surface area contributed by atoms with Gasteiger partial charge in [0.05, 0.1) is 39.0 Å². The molecule has 34 heavy (non-hydrogen) atoms. The van der Waals surface area contributed by atoms with Gasteiger partial charge in [0.15, 0.2) is 11.5 Å². The van der Waals surface area contributed by atoms with Crippen molar-refractivity contribution in [2.24, 2.45) is 0 Å². The van der Waals surface area contributed by atoms with Gasteiger partial charge in [-0.05, 0) is 48.2 Å². The molecule has 0 saturated heterocycles. The molecule has 4 aromatic rings. The van der Waals surface area contributed by atoms with Crippen LogP contribution in [0.15, 0.2) is 60.7 Å². The molecule has 0 saturated carbocycles. The van der Waals surface area contributed by atoms with Crippen LogP contribution in [0.3, 0.4) is 0 Å². The third kappa shape index (κ3) is 4.67. The highest BCUT2D eigenvalue weighted by Gasteiger charge is 2.19. The predicted octanol–water partition coefficient (Wildman–Crippen LogP) is 6.32. The summed E-state index contributed by atoms with van der Waals surface area (Å²) in [7, 11) is 4.85. The first-order chi connectivity index (χ1) is 16.6. The summed E-state index contributed by atoms with van der Waals surface area (Å²) in [5, 5.41) is 0. The van der Waals surface area contributed by atoms with E-state index in [1.54, 1.807) is 21.3 Å². The predicted molar refractivity (Wildman–Crippen MR) is 135 cm³/mol. The fourth-order valence-corrected chi connectivity index (χ4v) is 4.23. The van der Waals surface area contributed by atoms with Crippen LogP contribution in [0.1, 0.15) is 31.7 Å². The van der Waals surface area contributed by atoms with Gasteiger partial charge in [0.25, 0.3) is 0 Å². The average Bonchev–Trinajstić information content (AvgIpc) is 3.24. The molecule has 0 spiro atoms. The summed E-state index contributed by atoms with van der Waals surface area (Å²) in [5.74, 6) is 3.99. The Hall–Kier alpha value is -3.67. The van der Waals surface area contributed by atoms with Gasteiger partial charge in [0.1, 0.15) is 11.6 Å². The van der Waals surface area contributed by atoms with Crippen molar-refractivity contribution in [2.75, 3.05) is 27.9 Å². The van der Waals surface area contributed by atoms with E-state index in [0.29, 0.717) is 29.8 Å². The lowest BCUT2D eigenvalue weighted by atomic mass is 10.0. The van der Waals surface area contributed by atoms with Crippen molar-refractivity contribution in [3.8, 4) is 34.4 Å². The van der Waals surface area contributed by atoms with Crippen molar-refractivity contribution >= 4 is 11.0 Å². The van der Waals surface area contributed by atoms with E-state index >= 15 is 0 Å². The van der Waals surface area contributed by atoms with Crippen molar-refractivity contribution in [1.82, 2.24) is 9.55 Å². The standard InChI is InChI=1S/C28H32N2O4/c1-19(2)21-11-6-9-14-24(21)34-16-10-15-30-23-13-8-7-12-22(23)29-28(30)20-17-25(31-3)27(33-5)26(18-20)32-4/h6-9,11-14,17-19H,10,15-16H2,1-5H3. The topological polar surface area (TPSA) is 54.7 Å². The van der Waals surface area contributed by atoms with E-state index in [9.17, 15) is 0 Å². The minimum Gasteiger partial charge on any atom is -0.493 e. The Bertz CT molecular complexity index is 1240. The molecule has 0 atom stereocenters. The lowest BCUT2D eigenvalue weighted by Gasteiger charge is -2.16. The first-order valence-electron chi connectivity index (χ1n) is 11.5. The molecule has 178 valence electrons. The molecule has 3 aromatic carbocycles. The number of benzene rings is 3. The zero-order valence-corrected chi connectivity index (χ0v) is 20.5. The maximum absolute atomic E-state index is 6.17. The van der Waals surface area contributed by atoms with Crippen LogP contribution in [-0.4, -0.2) is 37.5 Å². The monoisotopic (exact) mass is 460 g/mol. The van der Waals surface area contributed by atoms with Gasteiger partial charge < -0.3 is 23.5 Å². The van der Waals surface area contributed by atoms with Crippen molar-refractivity contribution in [3.63, 3.8) is 0 Å².